The molecule has 6 nitrogen and oxygen atoms in total. The van der Waals surface area contributed by atoms with Crippen LogP contribution in [0.25, 0.3) is 0 Å². The van der Waals surface area contributed by atoms with Crippen LogP contribution in [0.15, 0.2) is 47.1 Å². The van der Waals surface area contributed by atoms with Crippen LogP contribution in [0.4, 0.5) is 0 Å². The van der Waals surface area contributed by atoms with Gasteiger partial charge < -0.3 is 19.3 Å². The number of hydrogen-bond acceptors (Lipinski definition) is 4. The van der Waals surface area contributed by atoms with Gasteiger partial charge in [0.25, 0.3) is 0 Å². The minimum atomic E-state index is -0.380. The van der Waals surface area contributed by atoms with E-state index in [0.717, 1.165) is 11.1 Å². The predicted octanol–water partition coefficient (Wildman–Crippen LogP) is 1.96. The molecule has 2 heterocycles. The molecule has 2 amide bonds. The minimum Gasteiger partial charge on any atom is -0.467 e. The average Bonchev–Trinajstić information content (AvgIpc) is 3.26. The lowest BCUT2D eigenvalue weighted by Gasteiger charge is -2.25. The molecule has 2 aromatic rings. The van der Waals surface area contributed by atoms with E-state index in [1.54, 1.807) is 22.1 Å². The fraction of sp³-hybridized carbons (Fsp3) is 0.400. The van der Waals surface area contributed by atoms with E-state index in [2.05, 4.69) is 0 Å². The highest BCUT2D eigenvalue weighted by Gasteiger charge is 2.36. The van der Waals surface area contributed by atoms with Gasteiger partial charge in [-0.3, -0.25) is 9.59 Å². The van der Waals surface area contributed by atoms with Crippen LogP contribution in [0.2, 0.25) is 0 Å². The van der Waals surface area contributed by atoms with E-state index in [9.17, 15) is 14.7 Å². The molecule has 0 saturated carbocycles. The standard InChI is InChI=1S/C20H24N2O4/c1-15-4-6-16(7-5-15)12-21(8-9-23)20(25)17-11-19(24)22(13-17)14-18-3-2-10-26-18/h2-7,10,17,23H,8-9,11-14H2,1H3/t17-/m0/s1. The van der Waals surface area contributed by atoms with Crippen molar-refractivity contribution >= 4 is 11.8 Å². The van der Waals surface area contributed by atoms with Crippen LogP contribution in [0.5, 0.6) is 0 Å². The molecule has 0 unspecified atom stereocenters. The maximum atomic E-state index is 12.9. The van der Waals surface area contributed by atoms with Crippen molar-refractivity contribution in [1.82, 2.24) is 9.80 Å². The maximum absolute atomic E-state index is 12.9. The second-order valence-corrected chi connectivity index (χ2v) is 6.72. The highest BCUT2D eigenvalue weighted by atomic mass is 16.3. The van der Waals surface area contributed by atoms with E-state index in [-0.39, 0.29) is 37.3 Å². The SMILES string of the molecule is Cc1ccc(CN(CCO)C(=O)[C@H]2CC(=O)N(Cc3ccco3)C2)cc1. The predicted molar refractivity (Wildman–Crippen MR) is 95.9 cm³/mol. The van der Waals surface area contributed by atoms with Gasteiger partial charge in [-0.1, -0.05) is 29.8 Å². The van der Waals surface area contributed by atoms with Crippen LogP contribution >= 0.6 is 0 Å². The molecule has 1 aliphatic heterocycles. The summed E-state index contributed by atoms with van der Waals surface area (Å²) in [6.07, 6.45) is 1.78. The third-order valence-electron chi connectivity index (χ3n) is 4.67. The zero-order valence-corrected chi connectivity index (χ0v) is 14.9. The van der Waals surface area contributed by atoms with Crippen molar-refractivity contribution in [2.45, 2.75) is 26.4 Å². The van der Waals surface area contributed by atoms with Gasteiger partial charge in [0.05, 0.1) is 25.3 Å². The van der Waals surface area contributed by atoms with E-state index < -0.39 is 0 Å². The molecular weight excluding hydrogens is 332 g/mol. The third-order valence-corrected chi connectivity index (χ3v) is 4.67. The summed E-state index contributed by atoms with van der Waals surface area (Å²) >= 11 is 0. The Morgan fingerprint density at radius 2 is 2.08 bits per heavy atom. The number of benzene rings is 1. The summed E-state index contributed by atoms with van der Waals surface area (Å²) in [7, 11) is 0. The Hall–Kier alpha value is -2.60. The molecule has 1 fully saturated rings. The fourth-order valence-electron chi connectivity index (χ4n) is 3.24. The van der Waals surface area contributed by atoms with Gasteiger partial charge in [-0.25, -0.2) is 0 Å². The monoisotopic (exact) mass is 356 g/mol. The van der Waals surface area contributed by atoms with Crippen molar-refractivity contribution < 1.29 is 19.1 Å². The zero-order valence-electron chi connectivity index (χ0n) is 14.9. The summed E-state index contributed by atoms with van der Waals surface area (Å²) in [6.45, 7) is 3.37. The van der Waals surface area contributed by atoms with Gasteiger partial charge in [0.2, 0.25) is 11.8 Å². The van der Waals surface area contributed by atoms with Crippen molar-refractivity contribution in [3.63, 3.8) is 0 Å². The third kappa shape index (κ3) is 4.32. The molecule has 1 saturated heterocycles. The van der Waals surface area contributed by atoms with Crippen LogP contribution < -0.4 is 0 Å². The molecular formula is C20H24N2O4. The van der Waals surface area contributed by atoms with Gasteiger partial charge in [-0.05, 0) is 24.6 Å². The van der Waals surface area contributed by atoms with E-state index in [1.165, 1.54) is 0 Å². The lowest BCUT2D eigenvalue weighted by molar-refractivity contribution is -0.137. The summed E-state index contributed by atoms with van der Waals surface area (Å²) in [6, 6.07) is 11.6. The summed E-state index contributed by atoms with van der Waals surface area (Å²) in [5.41, 5.74) is 2.16. The minimum absolute atomic E-state index is 0.0426. The molecule has 0 bridgehead atoms. The molecule has 0 spiro atoms. The number of furan rings is 1. The molecule has 1 aromatic carbocycles. The highest BCUT2D eigenvalue weighted by Crippen LogP contribution is 2.23. The second-order valence-electron chi connectivity index (χ2n) is 6.72. The number of aliphatic hydroxyl groups is 1. The van der Waals surface area contributed by atoms with Gasteiger partial charge in [0.1, 0.15) is 5.76 Å². The summed E-state index contributed by atoms with van der Waals surface area (Å²) in [5.74, 6) is 0.196. The summed E-state index contributed by atoms with van der Waals surface area (Å²) in [5, 5.41) is 9.34. The molecule has 1 N–H and O–H groups in total. The number of aliphatic hydroxyl groups excluding tert-OH is 1. The molecule has 0 radical (unpaired) electrons. The lowest BCUT2D eigenvalue weighted by atomic mass is 10.1. The van der Waals surface area contributed by atoms with Crippen molar-refractivity contribution in [2.75, 3.05) is 19.7 Å². The summed E-state index contributed by atoms with van der Waals surface area (Å²) < 4.78 is 5.29. The van der Waals surface area contributed by atoms with Gasteiger partial charge in [0.15, 0.2) is 0 Å². The van der Waals surface area contributed by atoms with E-state index >= 15 is 0 Å². The van der Waals surface area contributed by atoms with Gasteiger partial charge in [0, 0.05) is 26.1 Å². The van der Waals surface area contributed by atoms with Crippen LogP contribution in [-0.4, -0.2) is 46.4 Å². The quantitative estimate of drug-likeness (QED) is 0.823. The lowest BCUT2D eigenvalue weighted by Crippen LogP contribution is -2.38. The highest BCUT2D eigenvalue weighted by molar-refractivity contribution is 5.89. The number of likely N-dealkylation sites (tertiary alicyclic amines) is 1. The Morgan fingerprint density at radius 1 is 1.31 bits per heavy atom. The Morgan fingerprint density at radius 3 is 2.73 bits per heavy atom. The molecule has 0 aliphatic carbocycles. The van der Waals surface area contributed by atoms with Crippen molar-refractivity contribution in [1.29, 1.82) is 0 Å². The molecule has 3 rings (SSSR count). The first-order valence-corrected chi connectivity index (χ1v) is 8.82. The van der Waals surface area contributed by atoms with E-state index in [1.807, 2.05) is 37.3 Å². The van der Waals surface area contributed by atoms with Crippen LogP contribution in [0, 0.1) is 12.8 Å². The second kappa shape index (κ2) is 8.19. The first kappa shape index (κ1) is 18.2. The largest absolute Gasteiger partial charge is 0.467 e. The molecule has 1 aromatic heterocycles. The Labute approximate surface area is 153 Å². The van der Waals surface area contributed by atoms with Crippen LogP contribution in [-0.2, 0) is 22.7 Å². The molecule has 138 valence electrons. The van der Waals surface area contributed by atoms with E-state index in [4.69, 9.17) is 4.42 Å². The topological polar surface area (TPSA) is 74.0 Å². The van der Waals surface area contributed by atoms with Crippen molar-refractivity contribution in [3.05, 3.63) is 59.5 Å². The first-order valence-electron chi connectivity index (χ1n) is 8.82. The van der Waals surface area contributed by atoms with Crippen LogP contribution in [0.1, 0.15) is 23.3 Å². The molecule has 6 heteroatoms. The van der Waals surface area contributed by atoms with Gasteiger partial charge in [-0.15, -0.1) is 0 Å². The molecule has 1 atom stereocenters. The van der Waals surface area contributed by atoms with E-state index in [0.29, 0.717) is 25.4 Å². The Bertz CT molecular complexity index is 740. The Kier molecular flexibility index (Phi) is 5.73. The smallest absolute Gasteiger partial charge is 0.228 e. The summed E-state index contributed by atoms with van der Waals surface area (Å²) in [4.78, 5) is 28.5. The number of rotatable bonds is 7. The average molecular weight is 356 g/mol. The zero-order chi connectivity index (χ0) is 18.5. The number of hydrogen-bond donors (Lipinski definition) is 1. The van der Waals surface area contributed by atoms with Gasteiger partial charge >= 0.3 is 0 Å². The number of carbonyl (C=O) groups is 2. The van der Waals surface area contributed by atoms with Crippen molar-refractivity contribution in [3.8, 4) is 0 Å². The van der Waals surface area contributed by atoms with Crippen molar-refractivity contribution in [2.24, 2.45) is 5.92 Å². The molecule has 1 aliphatic rings. The number of nitrogens with zero attached hydrogens (tertiary/aromatic N) is 2. The fourth-order valence-corrected chi connectivity index (χ4v) is 3.24. The Balaban J connectivity index is 1.65. The number of carbonyl (C=O) groups excluding carboxylic acids is 2. The number of aryl methyl sites for hydroxylation is 1. The van der Waals surface area contributed by atoms with Crippen LogP contribution in [0.3, 0.4) is 0 Å². The molecule has 26 heavy (non-hydrogen) atoms. The van der Waals surface area contributed by atoms with Gasteiger partial charge in [-0.2, -0.15) is 0 Å². The first-order chi connectivity index (χ1) is 12.6. The number of amides is 2. The normalized spacial score (nSPS) is 16.9. The maximum Gasteiger partial charge on any atom is 0.228 e.